The topological polar surface area (TPSA) is 26.3 Å². The average Bonchev–Trinajstić information content (AvgIpc) is 3.08. The van der Waals surface area contributed by atoms with Gasteiger partial charge in [0, 0.05) is 6.92 Å². The SMILES string of the molecule is CC(=O)OC1CCC2(C)C3=CCC4(C)C(CCC4C(C)C=CC(C)C(C)C)C3=CCC2C1. The highest BCUT2D eigenvalue weighted by Crippen LogP contribution is 2.64. The van der Waals surface area contributed by atoms with Crippen LogP contribution in [0.2, 0.25) is 0 Å². The van der Waals surface area contributed by atoms with Crippen LogP contribution < -0.4 is 0 Å². The lowest BCUT2D eigenvalue weighted by molar-refractivity contribution is -0.150. The first-order valence-electron chi connectivity index (χ1n) is 13.3. The average molecular weight is 439 g/mol. The van der Waals surface area contributed by atoms with Crippen molar-refractivity contribution in [2.75, 3.05) is 0 Å². The maximum atomic E-state index is 11.5. The van der Waals surface area contributed by atoms with Gasteiger partial charge in [-0.05, 0) is 102 Å². The van der Waals surface area contributed by atoms with Gasteiger partial charge in [0.1, 0.15) is 6.10 Å². The lowest BCUT2D eigenvalue weighted by Gasteiger charge is -2.53. The number of allylic oxidation sites excluding steroid dienone is 6. The molecule has 8 unspecified atom stereocenters. The molecular weight excluding hydrogens is 392 g/mol. The van der Waals surface area contributed by atoms with Crippen molar-refractivity contribution in [1.29, 1.82) is 0 Å². The molecule has 8 atom stereocenters. The maximum absolute atomic E-state index is 11.5. The van der Waals surface area contributed by atoms with Crippen molar-refractivity contribution in [3.05, 3.63) is 35.5 Å². The largest absolute Gasteiger partial charge is 0.463 e. The predicted molar refractivity (Wildman–Crippen MR) is 133 cm³/mol. The number of fused-ring (bicyclic) bond motifs is 5. The van der Waals surface area contributed by atoms with E-state index in [4.69, 9.17) is 4.74 Å². The van der Waals surface area contributed by atoms with Crippen molar-refractivity contribution in [3.8, 4) is 0 Å². The summed E-state index contributed by atoms with van der Waals surface area (Å²) in [4.78, 5) is 11.5. The van der Waals surface area contributed by atoms with Crippen molar-refractivity contribution >= 4 is 5.97 Å². The van der Waals surface area contributed by atoms with Gasteiger partial charge >= 0.3 is 5.97 Å². The zero-order chi connectivity index (χ0) is 23.3. The molecule has 32 heavy (non-hydrogen) atoms. The summed E-state index contributed by atoms with van der Waals surface area (Å²) in [5.74, 6) is 3.98. The van der Waals surface area contributed by atoms with Crippen molar-refractivity contribution in [2.45, 2.75) is 99.5 Å². The Morgan fingerprint density at radius 2 is 1.84 bits per heavy atom. The minimum atomic E-state index is -0.124. The van der Waals surface area contributed by atoms with E-state index >= 15 is 0 Å². The van der Waals surface area contributed by atoms with Gasteiger partial charge in [-0.2, -0.15) is 0 Å². The quantitative estimate of drug-likeness (QED) is 0.322. The Kier molecular flexibility index (Phi) is 6.56. The van der Waals surface area contributed by atoms with Gasteiger partial charge in [-0.1, -0.05) is 65.8 Å². The summed E-state index contributed by atoms with van der Waals surface area (Å²) in [5.41, 5.74) is 4.00. The number of ether oxygens (including phenoxy) is 1. The first-order chi connectivity index (χ1) is 15.1. The third kappa shape index (κ3) is 4.05. The molecule has 0 saturated heterocycles. The van der Waals surface area contributed by atoms with Crippen LogP contribution in [0.25, 0.3) is 0 Å². The van der Waals surface area contributed by atoms with Crippen LogP contribution in [0.15, 0.2) is 35.5 Å². The van der Waals surface area contributed by atoms with Gasteiger partial charge in [-0.15, -0.1) is 0 Å². The Hall–Kier alpha value is -1.31. The number of hydrogen-bond acceptors (Lipinski definition) is 2. The van der Waals surface area contributed by atoms with Crippen molar-refractivity contribution in [3.63, 3.8) is 0 Å². The monoisotopic (exact) mass is 438 g/mol. The molecule has 0 N–H and O–H groups in total. The number of hydrogen-bond donors (Lipinski definition) is 0. The van der Waals surface area contributed by atoms with E-state index in [2.05, 4.69) is 65.8 Å². The molecule has 0 aliphatic heterocycles. The van der Waals surface area contributed by atoms with Gasteiger partial charge in [0.2, 0.25) is 0 Å². The smallest absolute Gasteiger partial charge is 0.302 e. The van der Waals surface area contributed by atoms with Gasteiger partial charge in [0.15, 0.2) is 0 Å². The second-order valence-corrected chi connectivity index (χ2v) is 12.4. The van der Waals surface area contributed by atoms with Gasteiger partial charge in [-0.3, -0.25) is 4.79 Å². The zero-order valence-electron chi connectivity index (χ0n) is 21.6. The van der Waals surface area contributed by atoms with E-state index in [9.17, 15) is 4.79 Å². The molecule has 178 valence electrons. The van der Waals surface area contributed by atoms with E-state index in [1.54, 1.807) is 18.1 Å². The molecule has 0 aromatic carbocycles. The van der Waals surface area contributed by atoms with Crippen LogP contribution >= 0.6 is 0 Å². The van der Waals surface area contributed by atoms with Crippen molar-refractivity contribution < 1.29 is 9.53 Å². The zero-order valence-corrected chi connectivity index (χ0v) is 21.6. The number of rotatable bonds is 5. The standard InChI is InChI=1S/C30H46O2/c1-19(2)20(3)8-9-21(4)26-12-13-27-25-11-10-23-18-24(32-22(5)31)14-16-29(23,6)28(25)15-17-30(26,27)7/h8-9,11,15,19-21,23-24,26-27H,10,12-14,16-18H2,1-7H3. The lowest BCUT2D eigenvalue weighted by atomic mass is 9.51. The molecule has 4 aliphatic carbocycles. The van der Waals surface area contributed by atoms with Crippen LogP contribution in [0.5, 0.6) is 0 Å². The van der Waals surface area contributed by atoms with E-state index < -0.39 is 0 Å². The van der Waals surface area contributed by atoms with Crippen LogP contribution in [0.3, 0.4) is 0 Å². The summed E-state index contributed by atoms with van der Waals surface area (Å²) in [7, 11) is 0. The highest BCUT2D eigenvalue weighted by atomic mass is 16.5. The second-order valence-electron chi connectivity index (χ2n) is 12.4. The van der Waals surface area contributed by atoms with Gasteiger partial charge < -0.3 is 4.74 Å². The molecule has 4 aliphatic rings. The Bertz CT molecular complexity index is 817. The first kappa shape index (κ1) is 23.8. The molecule has 2 nitrogen and oxygen atoms in total. The lowest BCUT2D eigenvalue weighted by Crippen LogP contribution is -2.45. The first-order valence-corrected chi connectivity index (χ1v) is 13.3. The van der Waals surface area contributed by atoms with E-state index in [-0.39, 0.29) is 17.5 Å². The minimum absolute atomic E-state index is 0.117. The normalized spacial score (nSPS) is 40.8. The fourth-order valence-electron chi connectivity index (χ4n) is 7.76. The summed E-state index contributed by atoms with van der Waals surface area (Å²) >= 11 is 0. The van der Waals surface area contributed by atoms with Gasteiger partial charge in [0.25, 0.3) is 0 Å². The Labute approximate surface area is 197 Å². The number of esters is 1. The summed E-state index contributed by atoms with van der Waals surface area (Å²) in [6, 6.07) is 0. The molecule has 0 amide bonds. The van der Waals surface area contributed by atoms with Crippen LogP contribution in [0.1, 0.15) is 93.4 Å². The molecule has 0 bridgehead atoms. The third-order valence-corrected chi connectivity index (χ3v) is 10.3. The highest BCUT2D eigenvalue weighted by Gasteiger charge is 2.55. The molecule has 0 heterocycles. The molecular formula is C30H46O2. The summed E-state index contributed by atoms with van der Waals surface area (Å²) in [6.07, 6.45) is 18.6. The second kappa shape index (κ2) is 8.80. The summed E-state index contributed by atoms with van der Waals surface area (Å²) < 4.78 is 5.62. The minimum Gasteiger partial charge on any atom is -0.463 e. The molecule has 0 aromatic heterocycles. The van der Waals surface area contributed by atoms with Gasteiger partial charge in [-0.25, -0.2) is 0 Å². The van der Waals surface area contributed by atoms with Crippen LogP contribution in [0.4, 0.5) is 0 Å². The van der Waals surface area contributed by atoms with E-state index in [0.29, 0.717) is 29.1 Å². The van der Waals surface area contributed by atoms with Crippen LogP contribution in [0, 0.1) is 46.3 Å². The number of carbonyl (C=O) groups excluding carboxylic acids is 1. The van der Waals surface area contributed by atoms with E-state index in [1.807, 2.05) is 0 Å². The van der Waals surface area contributed by atoms with Gasteiger partial charge in [0.05, 0.1) is 0 Å². The molecule has 2 fully saturated rings. The Morgan fingerprint density at radius 3 is 2.53 bits per heavy atom. The molecule has 2 heteroatoms. The molecule has 0 radical (unpaired) electrons. The molecule has 2 saturated carbocycles. The van der Waals surface area contributed by atoms with Crippen LogP contribution in [-0.4, -0.2) is 12.1 Å². The molecule has 0 spiro atoms. The fourth-order valence-corrected chi connectivity index (χ4v) is 7.76. The van der Waals surface area contributed by atoms with E-state index in [1.165, 1.54) is 19.3 Å². The van der Waals surface area contributed by atoms with E-state index in [0.717, 1.165) is 37.5 Å². The maximum Gasteiger partial charge on any atom is 0.302 e. The third-order valence-electron chi connectivity index (χ3n) is 10.3. The highest BCUT2D eigenvalue weighted by molar-refractivity contribution is 5.66. The summed E-state index contributed by atoms with van der Waals surface area (Å²) in [5, 5.41) is 0. The fraction of sp³-hybridized carbons (Fsp3) is 0.767. The Balaban J connectivity index is 1.54. The summed E-state index contributed by atoms with van der Waals surface area (Å²) in [6.45, 7) is 16.1. The Morgan fingerprint density at radius 1 is 1.09 bits per heavy atom. The number of carbonyl (C=O) groups is 1. The molecule has 4 rings (SSSR count). The molecule has 0 aromatic rings. The van der Waals surface area contributed by atoms with Crippen molar-refractivity contribution in [1.82, 2.24) is 0 Å². The van der Waals surface area contributed by atoms with Crippen LogP contribution in [-0.2, 0) is 9.53 Å². The van der Waals surface area contributed by atoms with Crippen molar-refractivity contribution in [2.24, 2.45) is 46.3 Å². The predicted octanol–water partition coefficient (Wildman–Crippen LogP) is 7.90.